The van der Waals surface area contributed by atoms with Crippen LogP contribution in [0.15, 0.2) is 18.2 Å². The lowest BCUT2D eigenvalue weighted by Crippen LogP contribution is -2.43. The Morgan fingerprint density at radius 2 is 1.89 bits per heavy atom. The molecule has 1 aromatic carbocycles. The van der Waals surface area contributed by atoms with Gasteiger partial charge >= 0.3 is 0 Å². The third-order valence-electron chi connectivity index (χ3n) is 4.19. The minimum atomic E-state index is 0.528. The Kier molecular flexibility index (Phi) is 4.81. The zero-order valence-corrected chi connectivity index (χ0v) is 12.9. The first-order valence-electron chi connectivity index (χ1n) is 7.21. The van der Waals surface area contributed by atoms with Crippen LogP contribution in [0.1, 0.15) is 43.7 Å². The van der Waals surface area contributed by atoms with E-state index in [1.54, 1.807) is 0 Å². The SMILES string of the molecule is Cc1ccc(NC(=S)N[C@@H]2CCCC[C@H]2C)cc1C. The topological polar surface area (TPSA) is 24.1 Å². The first-order valence-corrected chi connectivity index (χ1v) is 7.62. The molecule has 0 saturated heterocycles. The average Bonchev–Trinajstić information content (AvgIpc) is 2.37. The fourth-order valence-electron chi connectivity index (χ4n) is 2.69. The number of nitrogens with one attached hydrogen (secondary N) is 2. The number of hydrogen-bond acceptors (Lipinski definition) is 1. The number of rotatable bonds is 2. The van der Waals surface area contributed by atoms with E-state index in [2.05, 4.69) is 49.6 Å². The lowest BCUT2D eigenvalue weighted by atomic mass is 9.86. The molecule has 1 fully saturated rings. The van der Waals surface area contributed by atoms with Crippen LogP contribution in [0.4, 0.5) is 5.69 Å². The molecular weight excluding hydrogens is 252 g/mol. The van der Waals surface area contributed by atoms with Gasteiger partial charge in [0.1, 0.15) is 0 Å². The minimum Gasteiger partial charge on any atom is -0.359 e. The molecular formula is C16H24N2S. The molecule has 104 valence electrons. The summed E-state index contributed by atoms with van der Waals surface area (Å²) >= 11 is 5.42. The summed E-state index contributed by atoms with van der Waals surface area (Å²) in [5.74, 6) is 0.716. The molecule has 1 saturated carbocycles. The van der Waals surface area contributed by atoms with E-state index in [1.165, 1.54) is 36.8 Å². The van der Waals surface area contributed by atoms with E-state index in [1.807, 2.05) is 0 Å². The summed E-state index contributed by atoms with van der Waals surface area (Å²) in [7, 11) is 0. The molecule has 1 aliphatic carbocycles. The standard InChI is InChI=1S/C16H24N2S/c1-11-8-9-14(10-13(11)3)17-16(19)18-15-7-5-4-6-12(15)2/h8-10,12,15H,4-7H2,1-3H3,(H2,17,18,19)/t12-,15-/m1/s1. The van der Waals surface area contributed by atoms with Gasteiger partial charge in [0.25, 0.3) is 0 Å². The van der Waals surface area contributed by atoms with E-state index in [9.17, 15) is 0 Å². The molecule has 0 unspecified atom stereocenters. The van der Waals surface area contributed by atoms with E-state index in [-0.39, 0.29) is 0 Å². The van der Waals surface area contributed by atoms with Gasteiger partial charge in [-0.1, -0.05) is 25.8 Å². The minimum absolute atomic E-state index is 0.528. The van der Waals surface area contributed by atoms with Crippen molar-refractivity contribution in [3.8, 4) is 0 Å². The van der Waals surface area contributed by atoms with Crippen LogP contribution >= 0.6 is 12.2 Å². The van der Waals surface area contributed by atoms with Crippen molar-refractivity contribution in [3.63, 3.8) is 0 Å². The van der Waals surface area contributed by atoms with Crippen molar-refractivity contribution in [2.75, 3.05) is 5.32 Å². The highest BCUT2D eigenvalue weighted by molar-refractivity contribution is 7.80. The zero-order valence-electron chi connectivity index (χ0n) is 12.1. The van der Waals surface area contributed by atoms with E-state index in [0.29, 0.717) is 12.0 Å². The van der Waals surface area contributed by atoms with E-state index < -0.39 is 0 Å². The first kappa shape index (κ1) is 14.3. The van der Waals surface area contributed by atoms with Gasteiger partial charge in [-0.05, 0) is 68.1 Å². The summed E-state index contributed by atoms with van der Waals surface area (Å²) in [6, 6.07) is 6.89. The second kappa shape index (κ2) is 6.38. The van der Waals surface area contributed by atoms with Gasteiger partial charge in [0.05, 0.1) is 0 Å². The second-order valence-electron chi connectivity index (χ2n) is 5.77. The summed E-state index contributed by atoms with van der Waals surface area (Å²) in [6.45, 7) is 6.56. The summed E-state index contributed by atoms with van der Waals surface area (Å²) in [4.78, 5) is 0. The number of hydrogen-bond donors (Lipinski definition) is 2. The van der Waals surface area contributed by atoms with E-state index >= 15 is 0 Å². The molecule has 2 rings (SSSR count). The first-order chi connectivity index (χ1) is 9.06. The highest BCUT2D eigenvalue weighted by Gasteiger charge is 2.21. The van der Waals surface area contributed by atoms with Crippen molar-refractivity contribution in [1.82, 2.24) is 5.32 Å². The van der Waals surface area contributed by atoms with Crippen LogP contribution in [0.5, 0.6) is 0 Å². The Labute approximate surface area is 122 Å². The Hall–Kier alpha value is -1.09. The molecule has 19 heavy (non-hydrogen) atoms. The highest BCUT2D eigenvalue weighted by atomic mass is 32.1. The van der Waals surface area contributed by atoms with Crippen LogP contribution in [0, 0.1) is 19.8 Å². The number of anilines is 1. The molecule has 2 N–H and O–H groups in total. The third-order valence-corrected chi connectivity index (χ3v) is 4.41. The van der Waals surface area contributed by atoms with Gasteiger partial charge < -0.3 is 10.6 Å². The fraction of sp³-hybridized carbons (Fsp3) is 0.562. The van der Waals surface area contributed by atoms with Gasteiger partial charge in [-0.3, -0.25) is 0 Å². The molecule has 0 amide bonds. The summed E-state index contributed by atoms with van der Waals surface area (Å²) in [5.41, 5.74) is 3.67. The van der Waals surface area contributed by atoms with Crippen molar-refractivity contribution in [1.29, 1.82) is 0 Å². The van der Waals surface area contributed by atoms with Gasteiger partial charge in [-0.2, -0.15) is 0 Å². The van der Waals surface area contributed by atoms with Gasteiger partial charge in [-0.15, -0.1) is 0 Å². The highest BCUT2D eigenvalue weighted by Crippen LogP contribution is 2.23. The average molecular weight is 276 g/mol. The van der Waals surface area contributed by atoms with Gasteiger partial charge in [0, 0.05) is 11.7 Å². The maximum Gasteiger partial charge on any atom is 0.171 e. The molecule has 0 spiro atoms. The van der Waals surface area contributed by atoms with Crippen molar-refractivity contribution < 1.29 is 0 Å². The maximum absolute atomic E-state index is 5.42. The monoisotopic (exact) mass is 276 g/mol. The van der Waals surface area contributed by atoms with Crippen molar-refractivity contribution in [2.45, 2.75) is 52.5 Å². The Morgan fingerprint density at radius 1 is 1.16 bits per heavy atom. The number of thiocarbonyl (C=S) groups is 1. The van der Waals surface area contributed by atoms with Crippen LogP contribution in [0.25, 0.3) is 0 Å². The van der Waals surface area contributed by atoms with Gasteiger partial charge in [0.2, 0.25) is 0 Å². The van der Waals surface area contributed by atoms with Gasteiger partial charge in [-0.25, -0.2) is 0 Å². The Balaban J connectivity index is 1.91. The Bertz CT molecular complexity index is 456. The molecule has 2 atom stereocenters. The van der Waals surface area contributed by atoms with E-state index in [0.717, 1.165) is 10.8 Å². The predicted molar refractivity (Wildman–Crippen MR) is 86.7 cm³/mol. The molecule has 0 aliphatic heterocycles. The van der Waals surface area contributed by atoms with Crippen LogP contribution in [-0.2, 0) is 0 Å². The van der Waals surface area contributed by atoms with Crippen molar-refractivity contribution >= 4 is 23.0 Å². The molecule has 3 heteroatoms. The Morgan fingerprint density at radius 3 is 2.58 bits per heavy atom. The van der Waals surface area contributed by atoms with Crippen molar-refractivity contribution in [2.24, 2.45) is 5.92 Å². The molecule has 0 radical (unpaired) electrons. The lowest BCUT2D eigenvalue weighted by Gasteiger charge is -2.30. The third kappa shape index (κ3) is 3.93. The zero-order chi connectivity index (χ0) is 13.8. The molecule has 0 bridgehead atoms. The van der Waals surface area contributed by atoms with Crippen LogP contribution in [-0.4, -0.2) is 11.2 Å². The number of aryl methyl sites for hydroxylation is 2. The molecule has 1 aromatic rings. The lowest BCUT2D eigenvalue weighted by molar-refractivity contribution is 0.309. The summed E-state index contributed by atoms with van der Waals surface area (Å²) in [6.07, 6.45) is 5.21. The molecule has 0 aromatic heterocycles. The largest absolute Gasteiger partial charge is 0.359 e. The quantitative estimate of drug-likeness (QED) is 0.793. The maximum atomic E-state index is 5.42. The normalized spacial score (nSPS) is 22.9. The molecule has 2 nitrogen and oxygen atoms in total. The van der Waals surface area contributed by atoms with Gasteiger partial charge in [0.15, 0.2) is 5.11 Å². The predicted octanol–water partition coefficient (Wildman–Crippen LogP) is 4.17. The summed E-state index contributed by atoms with van der Waals surface area (Å²) in [5, 5.41) is 7.52. The summed E-state index contributed by atoms with van der Waals surface area (Å²) < 4.78 is 0. The fourth-order valence-corrected chi connectivity index (χ4v) is 2.95. The number of benzene rings is 1. The van der Waals surface area contributed by atoms with E-state index in [4.69, 9.17) is 12.2 Å². The smallest absolute Gasteiger partial charge is 0.171 e. The second-order valence-corrected chi connectivity index (χ2v) is 6.17. The molecule has 1 aliphatic rings. The van der Waals surface area contributed by atoms with Crippen LogP contribution < -0.4 is 10.6 Å². The van der Waals surface area contributed by atoms with Crippen LogP contribution in [0.3, 0.4) is 0 Å². The molecule has 0 heterocycles. The van der Waals surface area contributed by atoms with Crippen LogP contribution in [0.2, 0.25) is 0 Å². The van der Waals surface area contributed by atoms with Crippen molar-refractivity contribution in [3.05, 3.63) is 29.3 Å².